The Morgan fingerprint density at radius 1 is 0.791 bits per heavy atom. The quantitative estimate of drug-likeness (QED) is 0.284. The van der Waals surface area contributed by atoms with Crippen molar-refractivity contribution >= 4 is 23.7 Å². The lowest BCUT2D eigenvalue weighted by atomic mass is 9.67. The van der Waals surface area contributed by atoms with Crippen LogP contribution in [0.2, 0.25) is 0 Å². The van der Waals surface area contributed by atoms with E-state index in [2.05, 4.69) is 80.8 Å². The molecule has 2 fully saturated rings. The molecule has 6 rings (SSSR count). The second kappa shape index (κ2) is 11.6. The predicted molar refractivity (Wildman–Crippen MR) is 171 cm³/mol. The van der Waals surface area contributed by atoms with Crippen molar-refractivity contribution in [2.24, 2.45) is 0 Å². The molecule has 224 valence electrons. The van der Waals surface area contributed by atoms with E-state index in [-0.39, 0.29) is 34.7 Å². The Bertz CT molecular complexity index is 1520. The summed E-state index contributed by atoms with van der Waals surface area (Å²) in [6, 6.07) is 21.1. The van der Waals surface area contributed by atoms with Crippen LogP contribution in [0, 0.1) is 0 Å². The van der Waals surface area contributed by atoms with Crippen LogP contribution in [-0.4, -0.2) is 30.7 Å². The van der Waals surface area contributed by atoms with Gasteiger partial charge in [-0.3, -0.25) is 9.59 Å². The van der Waals surface area contributed by atoms with Crippen molar-refractivity contribution in [1.82, 2.24) is 5.32 Å². The summed E-state index contributed by atoms with van der Waals surface area (Å²) in [5.41, 5.74) is 8.45. The van der Waals surface area contributed by atoms with Crippen LogP contribution in [0.5, 0.6) is 0 Å². The third kappa shape index (κ3) is 5.32. The van der Waals surface area contributed by atoms with Crippen LogP contribution >= 0.6 is 0 Å². The minimum absolute atomic E-state index is 0.192. The topological polar surface area (TPSA) is 76.7 Å². The summed E-state index contributed by atoms with van der Waals surface area (Å²) in [4.78, 5) is 25.7. The minimum atomic E-state index is -0.349. The van der Waals surface area contributed by atoms with Crippen LogP contribution in [0.15, 0.2) is 66.9 Å². The molecule has 3 aliphatic rings. The van der Waals surface area contributed by atoms with Crippen molar-refractivity contribution in [3.05, 3.63) is 94.7 Å². The first-order valence-corrected chi connectivity index (χ1v) is 15.5. The molecule has 2 N–H and O–H groups in total. The molecule has 0 radical (unpaired) electrons. The number of fused-ring (bicyclic) bond motifs is 3. The maximum Gasteiger partial charge on any atom is 0.313 e. The number of carbonyl (C=O) groups is 2. The van der Waals surface area contributed by atoms with E-state index in [9.17, 15) is 9.59 Å². The van der Waals surface area contributed by atoms with Gasteiger partial charge in [0, 0.05) is 28.7 Å². The number of hydrogen-bond acceptors (Lipinski definition) is 6. The summed E-state index contributed by atoms with van der Waals surface area (Å²) in [7, 11) is 0. The number of cyclic esters (lactones) is 2. The molecule has 3 aromatic carbocycles. The van der Waals surface area contributed by atoms with Crippen LogP contribution in [0.1, 0.15) is 93.0 Å². The fraction of sp³-hybridized carbons (Fsp3) is 0.405. The number of rotatable bonds is 7. The van der Waals surface area contributed by atoms with E-state index in [4.69, 9.17) is 9.47 Å². The lowest BCUT2D eigenvalue weighted by molar-refractivity contribution is -0.149. The van der Waals surface area contributed by atoms with Gasteiger partial charge in [0.2, 0.25) is 0 Å². The van der Waals surface area contributed by atoms with Gasteiger partial charge in [-0.25, -0.2) is 0 Å². The van der Waals surface area contributed by atoms with E-state index >= 15 is 0 Å². The monoisotopic (exact) mass is 578 g/mol. The zero-order chi connectivity index (χ0) is 30.2. The van der Waals surface area contributed by atoms with Gasteiger partial charge in [-0.05, 0) is 91.3 Å². The molecule has 0 aromatic heterocycles. The highest BCUT2D eigenvalue weighted by molar-refractivity contribution is 5.85. The van der Waals surface area contributed by atoms with E-state index in [0.717, 1.165) is 48.9 Å². The second-order valence-corrected chi connectivity index (χ2v) is 13.0. The maximum atomic E-state index is 12.9. The molecule has 3 aromatic rings. The zero-order valence-electron chi connectivity index (χ0n) is 25.7. The van der Waals surface area contributed by atoms with Crippen LogP contribution in [-0.2, 0) is 31.0 Å². The van der Waals surface area contributed by atoms with Crippen LogP contribution in [0.3, 0.4) is 0 Å². The number of esters is 2. The van der Waals surface area contributed by atoms with Gasteiger partial charge in [-0.1, -0.05) is 68.4 Å². The van der Waals surface area contributed by atoms with Gasteiger partial charge >= 0.3 is 11.9 Å². The van der Waals surface area contributed by atoms with Crippen molar-refractivity contribution in [1.29, 1.82) is 0 Å². The average molecular weight is 579 g/mol. The van der Waals surface area contributed by atoms with Gasteiger partial charge in [-0.2, -0.15) is 0 Å². The molecule has 3 aliphatic heterocycles. The number of nitrogens with one attached hydrogen (secondary N) is 2. The molecule has 2 unspecified atom stereocenters. The van der Waals surface area contributed by atoms with E-state index in [1.165, 1.54) is 27.9 Å². The Labute approximate surface area is 254 Å². The first-order valence-electron chi connectivity index (χ1n) is 15.5. The third-order valence-electron chi connectivity index (χ3n) is 10.0. The number of anilines is 1. The van der Waals surface area contributed by atoms with E-state index in [0.29, 0.717) is 13.2 Å². The average Bonchev–Trinajstić information content (AvgIpc) is 3.01. The van der Waals surface area contributed by atoms with Crippen molar-refractivity contribution in [3.63, 3.8) is 0 Å². The minimum Gasteiger partial charge on any atom is -0.465 e. The van der Waals surface area contributed by atoms with Gasteiger partial charge in [0.25, 0.3) is 0 Å². The Morgan fingerprint density at radius 2 is 1.40 bits per heavy atom. The molecular weight excluding hydrogens is 536 g/mol. The number of carbonyl (C=O) groups excluding carboxylic acids is 2. The smallest absolute Gasteiger partial charge is 0.313 e. The van der Waals surface area contributed by atoms with Crippen molar-refractivity contribution in [2.45, 2.75) is 82.7 Å². The largest absolute Gasteiger partial charge is 0.465 e. The molecule has 2 atom stereocenters. The van der Waals surface area contributed by atoms with Gasteiger partial charge in [0.15, 0.2) is 0 Å². The summed E-state index contributed by atoms with van der Waals surface area (Å²) < 4.78 is 10.9. The molecule has 0 aliphatic carbocycles. The highest BCUT2D eigenvalue weighted by atomic mass is 16.5. The van der Waals surface area contributed by atoms with E-state index in [1.54, 1.807) is 0 Å². The number of hydrogen-bond donors (Lipinski definition) is 2. The van der Waals surface area contributed by atoms with E-state index in [1.807, 2.05) is 30.5 Å². The normalized spacial score (nSPS) is 20.5. The van der Waals surface area contributed by atoms with Crippen LogP contribution < -0.4 is 10.6 Å². The molecule has 6 nitrogen and oxygen atoms in total. The number of ether oxygens (including phenoxy) is 2. The lowest BCUT2D eigenvalue weighted by Gasteiger charge is -2.44. The standard InChI is InChI=1S/C37H42N2O4/c1-36(2,32-17-8-14-26-28-11-5-6-18-33(28)38-23-31(26)32)37(3,4)39-20-19-27-24(29-15-9-21-42-34(29)40)12-7-13-25(27)30-16-10-22-43-35(30)41/h5-8,11-14,17-20,29-30,38-39H,9-10,15-16,21-23H2,1-4H3/b20-19+. The molecule has 3 heterocycles. The molecule has 6 heteroatoms. The van der Waals surface area contributed by atoms with Gasteiger partial charge in [-0.15, -0.1) is 0 Å². The zero-order valence-corrected chi connectivity index (χ0v) is 25.7. The second-order valence-electron chi connectivity index (χ2n) is 13.0. The molecule has 2 saturated heterocycles. The fourth-order valence-corrected chi connectivity index (χ4v) is 6.85. The Hall–Kier alpha value is -4.06. The number of para-hydroxylation sites is 1. The van der Waals surface area contributed by atoms with Crippen LogP contribution in [0.4, 0.5) is 5.69 Å². The maximum absolute atomic E-state index is 12.9. The fourth-order valence-electron chi connectivity index (χ4n) is 6.85. The molecule has 0 spiro atoms. The number of benzene rings is 3. The third-order valence-corrected chi connectivity index (χ3v) is 10.0. The summed E-state index contributed by atoms with van der Waals surface area (Å²) in [5.74, 6) is -1.07. The van der Waals surface area contributed by atoms with Crippen molar-refractivity contribution in [2.75, 3.05) is 18.5 Å². The molecule has 0 bridgehead atoms. The molecule has 0 amide bonds. The van der Waals surface area contributed by atoms with Crippen molar-refractivity contribution < 1.29 is 19.1 Å². The Kier molecular flexibility index (Phi) is 7.80. The highest BCUT2D eigenvalue weighted by Gasteiger charge is 2.40. The SMILES string of the molecule is CC(C)(N/C=C/c1c(C2CCCOC2=O)cccc1C1CCCOC1=O)C(C)(C)c1cccc2c1CNc1ccccc1-2. The summed E-state index contributed by atoms with van der Waals surface area (Å²) in [5, 5.41) is 7.34. The molecule has 0 saturated carbocycles. The Balaban J connectivity index is 1.34. The summed E-state index contributed by atoms with van der Waals surface area (Å²) in [6.45, 7) is 10.7. The Morgan fingerprint density at radius 3 is 2.05 bits per heavy atom. The van der Waals surface area contributed by atoms with Crippen LogP contribution in [0.25, 0.3) is 17.2 Å². The molecule has 43 heavy (non-hydrogen) atoms. The lowest BCUT2D eigenvalue weighted by Crippen LogP contribution is -2.52. The predicted octanol–water partition coefficient (Wildman–Crippen LogP) is 7.44. The first-order chi connectivity index (χ1) is 20.7. The van der Waals surface area contributed by atoms with Gasteiger partial charge in [0.1, 0.15) is 0 Å². The summed E-state index contributed by atoms with van der Waals surface area (Å²) >= 11 is 0. The summed E-state index contributed by atoms with van der Waals surface area (Å²) in [6.07, 6.45) is 7.17. The van der Waals surface area contributed by atoms with Crippen molar-refractivity contribution in [3.8, 4) is 11.1 Å². The highest BCUT2D eigenvalue weighted by Crippen LogP contribution is 2.44. The first kappa shape index (κ1) is 29.0. The van der Waals surface area contributed by atoms with E-state index < -0.39 is 0 Å². The molecular formula is C37H42N2O4. The van der Waals surface area contributed by atoms with Gasteiger partial charge < -0.3 is 20.1 Å². The van der Waals surface area contributed by atoms with Gasteiger partial charge in [0.05, 0.1) is 25.0 Å².